The molecule has 3 rings (SSSR count). The monoisotopic (exact) mass is 390 g/mol. The van der Waals surface area contributed by atoms with Crippen molar-refractivity contribution in [3.63, 3.8) is 0 Å². The zero-order valence-electron chi connectivity index (χ0n) is 15.6. The van der Waals surface area contributed by atoms with Gasteiger partial charge in [0.05, 0.1) is 32.0 Å². The summed E-state index contributed by atoms with van der Waals surface area (Å²) in [5.41, 5.74) is 1.23. The summed E-state index contributed by atoms with van der Waals surface area (Å²) in [4.78, 5) is 25.9. The maximum absolute atomic E-state index is 14.0. The second kappa shape index (κ2) is 8.24. The summed E-state index contributed by atoms with van der Waals surface area (Å²) in [6.45, 7) is 0.327. The average Bonchev–Trinajstić information content (AvgIpc) is 2.71. The summed E-state index contributed by atoms with van der Waals surface area (Å²) in [5, 5.41) is 2.64. The Kier molecular flexibility index (Phi) is 5.77. The van der Waals surface area contributed by atoms with Gasteiger partial charge in [-0.3, -0.25) is 4.79 Å². The lowest BCUT2D eigenvalue weighted by Gasteiger charge is -2.30. The molecule has 28 heavy (non-hydrogen) atoms. The maximum Gasteiger partial charge on any atom is 0.340 e. The molecule has 1 amide bonds. The normalized spacial score (nSPS) is 12.9. The summed E-state index contributed by atoms with van der Waals surface area (Å²) in [6.07, 6.45) is 1.63. The highest BCUT2D eigenvalue weighted by Crippen LogP contribution is 2.30. The zero-order chi connectivity index (χ0) is 20.3. The van der Waals surface area contributed by atoms with Gasteiger partial charge in [-0.1, -0.05) is 0 Å². The van der Waals surface area contributed by atoms with Crippen molar-refractivity contribution in [1.82, 2.24) is 0 Å². The van der Waals surface area contributed by atoms with Gasteiger partial charge in [0.15, 0.2) is 0 Å². The Morgan fingerprint density at radius 3 is 2.64 bits per heavy atom. The molecule has 0 saturated heterocycles. The molecular weight excluding hydrogens is 370 g/mol. The summed E-state index contributed by atoms with van der Waals surface area (Å²) in [7, 11) is 2.68. The number of benzene rings is 2. The quantitative estimate of drug-likeness (QED) is 0.795. The lowest BCUT2D eigenvalue weighted by molar-refractivity contribution is -0.117. The molecule has 1 N–H and O–H groups in total. The summed E-state index contributed by atoms with van der Waals surface area (Å²) >= 11 is 0. The summed E-state index contributed by atoms with van der Waals surface area (Å²) in [5.74, 6) is -2.41. The standard InChI is InChI=1S/C20H20F2N2O4/c1-27-13-5-6-18-12(8-13)4-3-7-24(18)19(25)11-23-17-9-14(20(26)28-2)15(21)10-16(17)22/h5-6,8-10,23H,3-4,7,11H2,1-2H3. The van der Waals surface area contributed by atoms with Gasteiger partial charge in [-0.25, -0.2) is 13.6 Å². The first-order valence-electron chi connectivity index (χ1n) is 8.73. The first kappa shape index (κ1) is 19.6. The van der Waals surface area contributed by atoms with Crippen LogP contribution in [0, 0.1) is 11.6 Å². The van der Waals surface area contributed by atoms with E-state index in [-0.39, 0.29) is 18.1 Å². The highest BCUT2D eigenvalue weighted by Gasteiger charge is 2.23. The molecular formula is C20H20F2N2O4. The van der Waals surface area contributed by atoms with Gasteiger partial charge in [-0.05, 0) is 42.7 Å². The van der Waals surface area contributed by atoms with Gasteiger partial charge in [-0.15, -0.1) is 0 Å². The lowest BCUT2D eigenvalue weighted by atomic mass is 10.0. The van der Waals surface area contributed by atoms with Crippen molar-refractivity contribution < 1.29 is 27.8 Å². The molecule has 0 aromatic heterocycles. The third-order valence-electron chi connectivity index (χ3n) is 4.60. The molecule has 8 heteroatoms. The van der Waals surface area contributed by atoms with Crippen LogP contribution >= 0.6 is 0 Å². The lowest BCUT2D eigenvalue weighted by Crippen LogP contribution is -2.39. The number of ether oxygens (including phenoxy) is 2. The van der Waals surface area contributed by atoms with E-state index in [4.69, 9.17) is 4.74 Å². The van der Waals surface area contributed by atoms with Crippen LogP contribution in [-0.4, -0.2) is 39.2 Å². The topological polar surface area (TPSA) is 67.9 Å². The van der Waals surface area contributed by atoms with Crippen LogP contribution in [0.25, 0.3) is 0 Å². The molecule has 0 spiro atoms. The van der Waals surface area contributed by atoms with Gasteiger partial charge in [-0.2, -0.15) is 0 Å². The fraction of sp³-hybridized carbons (Fsp3) is 0.300. The number of methoxy groups -OCH3 is 2. The first-order valence-corrected chi connectivity index (χ1v) is 8.73. The molecule has 6 nitrogen and oxygen atoms in total. The molecule has 2 aromatic rings. The van der Waals surface area contributed by atoms with Crippen LogP contribution in [0.5, 0.6) is 5.75 Å². The highest BCUT2D eigenvalue weighted by molar-refractivity contribution is 5.97. The number of carbonyl (C=O) groups is 2. The van der Waals surface area contributed by atoms with Crippen molar-refractivity contribution in [2.24, 2.45) is 0 Å². The number of nitrogens with one attached hydrogen (secondary N) is 1. The average molecular weight is 390 g/mol. The van der Waals surface area contributed by atoms with Gasteiger partial charge in [0, 0.05) is 18.3 Å². The Labute approximate surface area is 161 Å². The molecule has 148 valence electrons. The number of amides is 1. The van der Waals surface area contributed by atoms with Crippen LogP contribution in [0.15, 0.2) is 30.3 Å². The Morgan fingerprint density at radius 1 is 1.14 bits per heavy atom. The molecule has 0 unspecified atom stereocenters. The molecule has 1 aliphatic heterocycles. The minimum absolute atomic E-state index is 0.151. The molecule has 1 aliphatic rings. The van der Waals surface area contributed by atoms with Crippen LogP contribution in [0.3, 0.4) is 0 Å². The van der Waals surface area contributed by atoms with E-state index in [0.29, 0.717) is 12.6 Å². The Hall–Kier alpha value is -3.16. The van der Waals surface area contributed by atoms with Crippen molar-refractivity contribution in [2.45, 2.75) is 12.8 Å². The molecule has 0 atom stereocenters. The summed E-state index contributed by atoms with van der Waals surface area (Å²) in [6, 6.07) is 7.07. The number of aryl methyl sites for hydroxylation is 1. The minimum atomic E-state index is -1.03. The first-order chi connectivity index (χ1) is 13.4. The van der Waals surface area contributed by atoms with Gasteiger partial charge >= 0.3 is 5.97 Å². The predicted octanol–water partition coefficient (Wildman–Crippen LogP) is 3.15. The largest absolute Gasteiger partial charge is 0.497 e. The number of hydrogen-bond donors (Lipinski definition) is 1. The molecule has 1 heterocycles. The number of carbonyl (C=O) groups excluding carboxylic acids is 2. The number of anilines is 2. The van der Waals surface area contributed by atoms with E-state index in [1.54, 1.807) is 18.1 Å². The van der Waals surface area contributed by atoms with Crippen molar-refractivity contribution in [1.29, 1.82) is 0 Å². The van der Waals surface area contributed by atoms with Crippen LogP contribution < -0.4 is 15.0 Å². The fourth-order valence-corrected chi connectivity index (χ4v) is 3.18. The van der Waals surface area contributed by atoms with Crippen LogP contribution in [-0.2, 0) is 16.0 Å². The number of hydrogen-bond acceptors (Lipinski definition) is 5. The van der Waals surface area contributed by atoms with Gasteiger partial charge in [0.1, 0.15) is 17.4 Å². The van der Waals surface area contributed by atoms with Gasteiger partial charge in [0.25, 0.3) is 0 Å². The van der Waals surface area contributed by atoms with E-state index in [2.05, 4.69) is 10.1 Å². The van der Waals surface area contributed by atoms with Gasteiger partial charge < -0.3 is 19.7 Å². The van der Waals surface area contributed by atoms with E-state index < -0.39 is 23.2 Å². The van der Waals surface area contributed by atoms with Crippen molar-refractivity contribution in [3.05, 3.63) is 53.1 Å². The minimum Gasteiger partial charge on any atom is -0.497 e. The number of nitrogens with zero attached hydrogens (tertiary/aromatic N) is 1. The smallest absolute Gasteiger partial charge is 0.340 e. The van der Waals surface area contributed by atoms with Crippen LogP contribution in [0.4, 0.5) is 20.2 Å². The highest BCUT2D eigenvalue weighted by atomic mass is 19.1. The third kappa shape index (κ3) is 3.90. The molecule has 0 saturated carbocycles. The molecule has 0 aliphatic carbocycles. The predicted molar refractivity (Wildman–Crippen MR) is 99.9 cm³/mol. The number of esters is 1. The number of rotatable bonds is 5. The van der Waals surface area contributed by atoms with Crippen molar-refractivity contribution in [2.75, 3.05) is 37.5 Å². The van der Waals surface area contributed by atoms with Gasteiger partial charge in [0.2, 0.25) is 5.91 Å². The molecule has 0 fully saturated rings. The SMILES string of the molecule is COC(=O)c1cc(NCC(=O)N2CCCc3cc(OC)ccc32)c(F)cc1F. The van der Waals surface area contributed by atoms with E-state index in [1.807, 2.05) is 12.1 Å². The Bertz CT molecular complexity index is 917. The van der Waals surface area contributed by atoms with E-state index in [9.17, 15) is 18.4 Å². The maximum atomic E-state index is 14.0. The van der Waals surface area contributed by atoms with Crippen LogP contribution in [0.2, 0.25) is 0 Å². The fourth-order valence-electron chi connectivity index (χ4n) is 3.18. The van der Waals surface area contributed by atoms with Crippen LogP contribution in [0.1, 0.15) is 22.3 Å². The van der Waals surface area contributed by atoms with Crippen molar-refractivity contribution in [3.8, 4) is 5.75 Å². The molecule has 0 radical (unpaired) electrons. The second-order valence-electron chi connectivity index (χ2n) is 6.30. The van der Waals surface area contributed by atoms with E-state index >= 15 is 0 Å². The second-order valence-corrected chi connectivity index (χ2v) is 6.30. The van der Waals surface area contributed by atoms with E-state index in [0.717, 1.165) is 43.0 Å². The number of fused-ring (bicyclic) bond motifs is 1. The zero-order valence-corrected chi connectivity index (χ0v) is 15.6. The van der Waals surface area contributed by atoms with E-state index in [1.165, 1.54) is 0 Å². The Morgan fingerprint density at radius 2 is 1.93 bits per heavy atom. The summed E-state index contributed by atoms with van der Waals surface area (Å²) < 4.78 is 37.4. The number of halogens is 2. The molecule has 0 bridgehead atoms. The molecule has 2 aromatic carbocycles. The Balaban J connectivity index is 1.76. The third-order valence-corrected chi connectivity index (χ3v) is 4.60. The van der Waals surface area contributed by atoms with Crippen molar-refractivity contribution >= 4 is 23.3 Å².